The van der Waals surface area contributed by atoms with E-state index in [9.17, 15) is 14.7 Å². The fourth-order valence-corrected chi connectivity index (χ4v) is 2.68. The SMILES string of the molecule is O=C(/C=C/c1cccc(-c2cccnc2)c1)Nc1ccc(Cl)cc1C(=O)O.[H-].[Na+]. The van der Waals surface area contributed by atoms with Crippen molar-refractivity contribution in [2.75, 3.05) is 5.32 Å². The number of pyridine rings is 1. The normalized spacial score (nSPS) is 10.3. The molecule has 0 aliphatic heterocycles. The summed E-state index contributed by atoms with van der Waals surface area (Å²) >= 11 is 5.81. The monoisotopic (exact) mass is 402 g/mol. The second-order valence-corrected chi connectivity index (χ2v) is 6.12. The standard InChI is InChI=1S/C21H15ClN2O3.Na.H/c22-17-7-8-19(18(12-17)21(26)27)24-20(25)9-6-14-3-1-4-15(11-14)16-5-2-10-23-13-16;;/h1-13H,(H,24,25)(H,26,27);;/q;+1;-1/b9-6+;;. The molecule has 0 saturated heterocycles. The molecule has 136 valence electrons. The van der Waals surface area contributed by atoms with E-state index < -0.39 is 11.9 Å². The third-order valence-electron chi connectivity index (χ3n) is 3.78. The molecule has 3 aromatic rings. The minimum Gasteiger partial charge on any atom is -1.00 e. The number of aromatic carboxylic acids is 1. The largest absolute Gasteiger partial charge is 1.00 e. The number of rotatable bonds is 5. The summed E-state index contributed by atoms with van der Waals surface area (Å²) in [5.41, 5.74) is 2.91. The molecule has 1 heterocycles. The Morgan fingerprint density at radius 3 is 2.57 bits per heavy atom. The van der Waals surface area contributed by atoms with E-state index in [-0.39, 0.29) is 47.3 Å². The number of aromatic nitrogens is 1. The fourth-order valence-electron chi connectivity index (χ4n) is 2.50. The number of halogens is 1. The summed E-state index contributed by atoms with van der Waals surface area (Å²) in [4.78, 5) is 27.5. The number of benzene rings is 2. The summed E-state index contributed by atoms with van der Waals surface area (Å²) in [6.07, 6.45) is 6.48. The van der Waals surface area contributed by atoms with Gasteiger partial charge in [0.25, 0.3) is 0 Å². The van der Waals surface area contributed by atoms with E-state index in [1.165, 1.54) is 24.3 Å². The molecule has 0 radical (unpaired) electrons. The van der Waals surface area contributed by atoms with E-state index in [1.807, 2.05) is 36.4 Å². The van der Waals surface area contributed by atoms with Crippen LogP contribution in [0.5, 0.6) is 0 Å². The molecule has 3 rings (SSSR count). The van der Waals surface area contributed by atoms with Crippen LogP contribution < -0.4 is 34.9 Å². The molecule has 2 aromatic carbocycles. The predicted octanol–water partition coefficient (Wildman–Crippen LogP) is 1.87. The number of nitrogens with zero attached hydrogens (tertiary/aromatic N) is 1. The van der Waals surface area contributed by atoms with Crippen LogP contribution in [0.4, 0.5) is 5.69 Å². The molecule has 0 unspecified atom stereocenters. The minimum atomic E-state index is -1.17. The van der Waals surface area contributed by atoms with Gasteiger partial charge in [-0.05, 0) is 47.5 Å². The smallest absolute Gasteiger partial charge is 1.00 e. The summed E-state index contributed by atoms with van der Waals surface area (Å²) in [6.45, 7) is 0. The number of hydrogen-bond donors (Lipinski definition) is 2. The zero-order chi connectivity index (χ0) is 19.2. The molecule has 0 spiro atoms. The van der Waals surface area contributed by atoms with Crippen LogP contribution in [0, 0.1) is 0 Å². The number of amides is 1. The van der Waals surface area contributed by atoms with Gasteiger partial charge in [0, 0.05) is 29.1 Å². The number of nitrogens with one attached hydrogen (secondary N) is 1. The van der Waals surface area contributed by atoms with Gasteiger partial charge >= 0.3 is 35.5 Å². The van der Waals surface area contributed by atoms with Gasteiger partial charge < -0.3 is 11.8 Å². The van der Waals surface area contributed by atoms with E-state index in [0.29, 0.717) is 0 Å². The van der Waals surface area contributed by atoms with E-state index in [1.54, 1.807) is 18.5 Å². The van der Waals surface area contributed by atoms with Crippen molar-refractivity contribution in [2.24, 2.45) is 0 Å². The second-order valence-electron chi connectivity index (χ2n) is 5.68. The molecule has 0 fully saturated rings. The molecule has 0 aliphatic carbocycles. The first-order valence-corrected chi connectivity index (χ1v) is 8.43. The summed E-state index contributed by atoms with van der Waals surface area (Å²) in [5, 5.41) is 12.1. The van der Waals surface area contributed by atoms with Crippen molar-refractivity contribution in [3.05, 3.63) is 89.2 Å². The molecule has 2 N–H and O–H groups in total. The average molecular weight is 403 g/mol. The fraction of sp³-hybridized carbons (Fsp3) is 0. The minimum absolute atomic E-state index is 0. The van der Waals surface area contributed by atoms with Crippen LogP contribution in [-0.4, -0.2) is 22.0 Å². The summed E-state index contributed by atoms with van der Waals surface area (Å²) < 4.78 is 0. The quantitative estimate of drug-likeness (QED) is 0.504. The maximum Gasteiger partial charge on any atom is 1.00 e. The van der Waals surface area contributed by atoms with Crippen LogP contribution in [0.1, 0.15) is 17.3 Å². The van der Waals surface area contributed by atoms with Crippen LogP contribution in [-0.2, 0) is 4.79 Å². The molecule has 0 atom stereocenters. The molecule has 28 heavy (non-hydrogen) atoms. The molecule has 0 saturated carbocycles. The van der Waals surface area contributed by atoms with Gasteiger partial charge in [0.2, 0.25) is 5.91 Å². The van der Waals surface area contributed by atoms with Crippen molar-refractivity contribution in [2.45, 2.75) is 0 Å². The Morgan fingerprint density at radius 2 is 1.86 bits per heavy atom. The van der Waals surface area contributed by atoms with Gasteiger partial charge in [0.05, 0.1) is 11.3 Å². The van der Waals surface area contributed by atoms with Crippen molar-refractivity contribution in [3.63, 3.8) is 0 Å². The zero-order valence-corrected chi connectivity index (χ0v) is 17.9. The number of carboxylic acids is 1. The summed E-state index contributed by atoms with van der Waals surface area (Å²) in [6, 6.07) is 15.7. The number of carbonyl (C=O) groups is 2. The maximum atomic E-state index is 12.2. The second kappa shape index (κ2) is 10.2. The number of carboxylic acid groups (broad SMARTS) is 1. The van der Waals surface area contributed by atoms with Gasteiger partial charge in [-0.25, -0.2) is 4.79 Å². The summed E-state index contributed by atoms with van der Waals surface area (Å²) in [7, 11) is 0. The Hall–Kier alpha value is -2.44. The third kappa shape index (κ3) is 5.78. The molecule has 1 amide bonds. The van der Waals surface area contributed by atoms with Crippen molar-refractivity contribution >= 4 is 35.2 Å². The van der Waals surface area contributed by atoms with E-state index in [2.05, 4.69) is 10.3 Å². The number of carbonyl (C=O) groups excluding carboxylic acids is 1. The van der Waals surface area contributed by atoms with Crippen LogP contribution in [0.25, 0.3) is 17.2 Å². The van der Waals surface area contributed by atoms with E-state index in [4.69, 9.17) is 11.6 Å². The van der Waals surface area contributed by atoms with Gasteiger partial charge in [-0.3, -0.25) is 9.78 Å². The first-order valence-electron chi connectivity index (χ1n) is 8.05. The Balaban J connectivity index is 0.00000210. The van der Waals surface area contributed by atoms with Crippen molar-refractivity contribution < 1.29 is 45.7 Å². The van der Waals surface area contributed by atoms with Gasteiger partial charge in [-0.1, -0.05) is 35.9 Å². The number of anilines is 1. The first kappa shape index (κ1) is 21.9. The number of hydrogen-bond acceptors (Lipinski definition) is 3. The molecule has 0 bridgehead atoms. The Bertz CT molecular complexity index is 1030. The Labute approximate surface area is 190 Å². The molecular formula is C21H16ClN2NaO3. The molecule has 0 aliphatic rings. The molecule has 1 aromatic heterocycles. The molecule has 7 heteroatoms. The predicted molar refractivity (Wildman–Crippen MR) is 107 cm³/mol. The van der Waals surface area contributed by atoms with Gasteiger partial charge in [0.15, 0.2) is 0 Å². The van der Waals surface area contributed by atoms with Crippen molar-refractivity contribution in [1.82, 2.24) is 4.98 Å². The Kier molecular flexibility index (Phi) is 7.96. The topological polar surface area (TPSA) is 79.3 Å². The van der Waals surface area contributed by atoms with Gasteiger partial charge in [-0.2, -0.15) is 0 Å². The average Bonchev–Trinajstić information content (AvgIpc) is 2.68. The van der Waals surface area contributed by atoms with Crippen LogP contribution >= 0.6 is 11.6 Å². The zero-order valence-electron chi connectivity index (χ0n) is 16.1. The van der Waals surface area contributed by atoms with Gasteiger partial charge in [0.1, 0.15) is 0 Å². The molecular weight excluding hydrogens is 387 g/mol. The van der Waals surface area contributed by atoms with Gasteiger partial charge in [-0.15, -0.1) is 0 Å². The van der Waals surface area contributed by atoms with Crippen LogP contribution in [0.3, 0.4) is 0 Å². The molecule has 5 nitrogen and oxygen atoms in total. The first-order chi connectivity index (χ1) is 13.0. The maximum absolute atomic E-state index is 12.2. The van der Waals surface area contributed by atoms with E-state index in [0.717, 1.165) is 16.7 Å². The van der Waals surface area contributed by atoms with Crippen LogP contribution in [0.15, 0.2) is 73.1 Å². The third-order valence-corrected chi connectivity index (χ3v) is 4.01. The van der Waals surface area contributed by atoms with Crippen molar-refractivity contribution in [1.29, 1.82) is 0 Å². The summed E-state index contributed by atoms with van der Waals surface area (Å²) in [5.74, 6) is -1.60. The van der Waals surface area contributed by atoms with E-state index >= 15 is 0 Å². The Morgan fingerprint density at radius 1 is 1.07 bits per heavy atom. The van der Waals surface area contributed by atoms with Crippen molar-refractivity contribution in [3.8, 4) is 11.1 Å². The van der Waals surface area contributed by atoms with Crippen LogP contribution in [0.2, 0.25) is 5.02 Å².